The van der Waals surface area contributed by atoms with Crippen LogP contribution in [-0.4, -0.2) is 40.6 Å². The van der Waals surface area contributed by atoms with Crippen molar-refractivity contribution in [1.82, 2.24) is 4.90 Å². The molecule has 2 nitrogen and oxygen atoms in total. The van der Waals surface area contributed by atoms with Gasteiger partial charge in [-0.05, 0) is 31.6 Å². The Balaban J connectivity index is 1.91. The van der Waals surface area contributed by atoms with Gasteiger partial charge in [0.2, 0.25) is 0 Å². The van der Waals surface area contributed by atoms with Crippen LogP contribution < -0.4 is 0 Å². The lowest BCUT2D eigenvalue weighted by Gasteiger charge is -2.39. The van der Waals surface area contributed by atoms with Crippen molar-refractivity contribution in [3.05, 3.63) is 0 Å². The summed E-state index contributed by atoms with van der Waals surface area (Å²) in [5, 5.41) is 11.1. The van der Waals surface area contributed by atoms with E-state index in [1.807, 2.05) is 6.92 Å². The van der Waals surface area contributed by atoms with Crippen LogP contribution in [0.3, 0.4) is 0 Å². The summed E-state index contributed by atoms with van der Waals surface area (Å²) >= 11 is 3.71. The van der Waals surface area contributed by atoms with E-state index in [0.29, 0.717) is 5.41 Å². The van der Waals surface area contributed by atoms with E-state index >= 15 is 0 Å². The minimum Gasteiger partial charge on any atom is -0.389 e. The zero-order valence-electron chi connectivity index (χ0n) is 10.3. The van der Waals surface area contributed by atoms with Gasteiger partial charge in [0.15, 0.2) is 0 Å². The van der Waals surface area contributed by atoms with Gasteiger partial charge in [-0.25, -0.2) is 0 Å². The number of halogens is 1. The predicted octanol–water partition coefficient (Wildman–Crippen LogP) is 2.79. The Labute approximate surface area is 108 Å². The van der Waals surface area contributed by atoms with Gasteiger partial charge in [0.1, 0.15) is 0 Å². The number of likely N-dealkylation sites (tertiary alicyclic amines) is 1. The van der Waals surface area contributed by atoms with E-state index in [1.54, 1.807) is 0 Å². The van der Waals surface area contributed by atoms with Gasteiger partial charge in [0.25, 0.3) is 0 Å². The van der Waals surface area contributed by atoms with Crippen LogP contribution in [0.5, 0.6) is 0 Å². The van der Waals surface area contributed by atoms with Gasteiger partial charge < -0.3 is 5.11 Å². The fraction of sp³-hybridized carbons (Fsp3) is 1.00. The van der Waals surface area contributed by atoms with Crippen LogP contribution in [0.1, 0.15) is 45.4 Å². The molecule has 1 saturated carbocycles. The molecule has 0 spiro atoms. The first-order valence-electron chi connectivity index (χ1n) is 6.56. The zero-order chi connectivity index (χ0) is 11.6. The first kappa shape index (κ1) is 12.8. The Morgan fingerprint density at radius 3 is 2.38 bits per heavy atom. The monoisotopic (exact) mass is 289 g/mol. The average Bonchev–Trinajstić information content (AvgIpc) is 2.59. The van der Waals surface area contributed by atoms with Gasteiger partial charge in [-0.3, -0.25) is 4.90 Å². The highest BCUT2D eigenvalue weighted by molar-refractivity contribution is 9.09. The van der Waals surface area contributed by atoms with Crippen LogP contribution >= 0.6 is 15.9 Å². The molecule has 1 heterocycles. The van der Waals surface area contributed by atoms with E-state index in [9.17, 15) is 5.11 Å². The number of hydrogen-bond donors (Lipinski definition) is 1. The fourth-order valence-electron chi connectivity index (χ4n) is 3.28. The first-order chi connectivity index (χ1) is 7.55. The van der Waals surface area contributed by atoms with E-state index in [0.717, 1.165) is 24.8 Å². The molecular weight excluding hydrogens is 266 g/mol. The number of nitrogens with zero attached hydrogens (tertiary/aromatic N) is 1. The maximum Gasteiger partial charge on any atom is 0.0758 e. The van der Waals surface area contributed by atoms with Crippen molar-refractivity contribution in [3.63, 3.8) is 0 Å². The molecule has 0 aromatic heterocycles. The van der Waals surface area contributed by atoms with Gasteiger partial charge in [-0.2, -0.15) is 0 Å². The minimum absolute atomic E-state index is 0.442. The molecule has 0 bridgehead atoms. The second-order valence-corrected chi connectivity index (χ2v) is 6.71. The van der Waals surface area contributed by atoms with Crippen LogP contribution in [0.4, 0.5) is 0 Å². The van der Waals surface area contributed by atoms with Crippen LogP contribution in [-0.2, 0) is 0 Å². The lowest BCUT2D eigenvalue weighted by atomic mass is 9.75. The van der Waals surface area contributed by atoms with Crippen molar-refractivity contribution in [2.75, 3.05) is 25.0 Å². The Morgan fingerprint density at radius 2 is 1.88 bits per heavy atom. The van der Waals surface area contributed by atoms with Crippen LogP contribution in [0.25, 0.3) is 0 Å². The summed E-state index contributed by atoms with van der Waals surface area (Å²) in [6.07, 6.45) is 7.83. The Morgan fingerprint density at radius 1 is 1.19 bits per heavy atom. The van der Waals surface area contributed by atoms with Gasteiger partial charge in [-0.15, -0.1) is 0 Å². The summed E-state index contributed by atoms with van der Waals surface area (Å²) in [6.45, 7) is 5.08. The molecule has 0 amide bonds. The van der Waals surface area contributed by atoms with Gasteiger partial charge in [0.05, 0.1) is 5.60 Å². The van der Waals surface area contributed by atoms with Crippen molar-refractivity contribution < 1.29 is 5.11 Å². The number of hydrogen-bond acceptors (Lipinski definition) is 2. The fourth-order valence-corrected chi connectivity index (χ4v) is 4.02. The summed E-state index contributed by atoms with van der Waals surface area (Å²) in [4.78, 5) is 2.46. The molecular formula is C13H24BrNO. The van der Waals surface area contributed by atoms with E-state index < -0.39 is 5.60 Å². The van der Waals surface area contributed by atoms with Crippen molar-refractivity contribution in [1.29, 1.82) is 0 Å². The second kappa shape index (κ2) is 4.95. The molecule has 16 heavy (non-hydrogen) atoms. The summed E-state index contributed by atoms with van der Waals surface area (Å²) in [5.74, 6) is 0. The molecule has 1 aliphatic heterocycles. The predicted molar refractivity (Wildman–Crippen MR) is 71.0 cm³/mol. The molecule has 1 saturated heterocycles. The smallest absolute Gasteiger partial charge is 0.0758 e. The molecule has 1 atom stereocenters. The molecule has 2 rings (SSSR count). The molecule has 1 unspecified atom stereocenters. The summed E-state index contributed by atoms with van der Waals surface area (Å²) in [6, 6.07) is 0. The quantitative estimate of drug-likeness (QED) is 0.808. The van der Waals surface area contributed by atoms with Crippen LogP contribution in [0.15, 0.2) is 0 Å². The summed E-state index contributed by atoms with van der Waals surface area (Å²) in [5.41, 5.74) is 0.0425. The van der Waals surface area contributed by atoms with Crippen molar-refractivity contribution in [3.8, 4) is 0 Å². The Bertz CT molecular complexity index is 236. The normalized spacial score (nSPS) is 35.4. The molecule has 2 fully saturated rings. The molecule has 3 heteroatoms. The van der Waals surface area contributed by atoms with Gasteiger partial charge in [0, 0.05) is 25.0 Å². The van der Waals surface area contributed by atoms with E-state index in [4.69, 9.17) is 0 Å². The number of alkyl halides is 1. The highest BCUT2D eigenvalue weighted by Gasteiger charge is 2.38. The molecule has 0 aromatic rings. The Kier molecular flexibility index (Phi) is 3.97. The van der Waals surface area contributed by atoms with E-state index in [2.05, 4.69) is 20.8 Å². The topological polar surface area (TPSA) is 23.5 Å². The largest absolute Gasteiger partial charge is 0.389 e. The minimum atomic E-state index is -0.442. The third-order valence-electron chi connectivity index (χ3n) is 4.29. The second-order valence-electron chi connectivity index (χ2n) is 6.15. The van der Waals surface area contributed by atoms with Gasteiger partial charge in [-0.1, -0.05) is 35.2 Å². The first-order valence-corrected chi connectivity index (χ1v) is 7.68. The number of aliphatic hydroxyl groups is 1. The number of β-amino-alcohol motifs (C(OH)–C–C–N with tert-alkyl or cyclic N) is 1. The Hall–Kier alpha value is 0.400. The molecule has 1 aliphatic carbocycles. The molecule has 2 aliphatic rings. The van der Waals surface area contributed by atoms with Crippen molar-refractivity contribution in [2.45, 2.75) is 51.0 Å². The third kappa shape index (κ3) is 2.99. The van der Waals surface area contributed by atoms with Crippen molar-refractivity contribution >= 4 is 15.9 Å². The SMILES string of the molecule is CC1(O)CCN(CC2(CBr)CCCCC2)C1. The molecule has 1 N–H and O–H groups in total. The maximum absolute atomic E-state index is 10.00. The molecule has 94 valence electrons. The highest BCUT2D eigenvalue weighted by Crippen LogP contribution is 2.39. The van der Waals surface area contributed by atoms with Gasteiger partial charge >= 0.3 is 0 Å². The third-order valence-corrected chi connectivity index (χ3v) is 5.48. The summed E-state index contributed by atoms with van der Waals surface area (Å²) < 4.78 is 0. The van der Waals surface area contributed by atoms with Crippen molar-refractivity contribution in [2.24, 2.45) is 5.41 Å². The average molecular weight is 290 g/mol. The van der Waals surface area contributed by atoms with E-state index in [1.165, 1.54) is 38.6 Å². The van der Waals surface area contributed by atoms with Crippen LogP contribution in [0.2, 0.25) is 0 Å². The standard InChI is InChI=1S/C13H24BrNO/c1-12(16)7-8-15(10-12)11-13(9-14)5-3-2-4-6-13/h16H,2-11H2,1H3. The van der Waals surface area contributed by atoms with E-state index in [-0.39, 0.29) is 0 Å². The molecule has 0 aromatic carbocycles. The van der Waals surface area contributed by atoms with Crippen LogP contribution in [0, 0.1) is 5.41 Å². The highest BCUT2D eigenvalue weighted by atomic mass is 79.9. The zero-order valence-corrected chi connectivity index (χ0v) is 11.9. The summed E-state index contributed by atoms with van der Waals surface area (Å²) in [7, 11) is 0. The lowest BCUT2D eigenvalue weighted by molar-refractivity contribution is 0.0584. The lowest BCUT2D eigenvalue weighted by Crippen LogP contribution is -2.41. The molecule has 0 radical (unpaired) electrons. The maximum atomic E-state index is 10.00. The number of rotatable bonds is 3.